The molecule has 1 aromatic rings. The van der Waals surface area contributed by atoms with E-state index in [4.69, 9.17) is 25.5 Å². The standard InChI is InChI=1S/C9H9N2.3ClH.Zr/c1-2-7-4-3-5-8-6-10-11-9(7)8;;;;/h3-6H,2H2,1H3;3*1H;/q;;;;+3/p-3. The zero-order valence-corrected chi connectivity index (χ0v) is 12.8. The van der Waals surface area contributed by atoms with Gasteiger partial charge in [0.05, 0.1) is 11.9 Å². The molecule has 1 aromatic carbocycles. The maximum absolute atomic E-state index is 5.00. The van der Waals surface area contributed by atoms with Crippen molar-refractivity contribution in [1.82, 2.24) is 5.43 Å². The SMILES string of the molecule is CCc1cccc2c1[N]N=C2.[Cl][Zr]([Cl])[Cl]. The van der Waals surface area contributed by atoms with Gasteiger partial charge in [-0.05, 0) is 12.0 Å². The van der Waals surface area contributed by atoms with Crippen LogP contribution >= 0.6 is 25.5 Å². The zero-order chi connectivity index (χ0) is 11.3. The molecule has 0 bridgehead atoms. The normalized spacial score (nSPS) is 11.2. The van der Waals surface area contributed by atoms with Crippen molar-refractivity contribution in [2.24, 2.45) is 5.10 Å². The van der Waals surface area contributed by atoms with Crippen molar-refractivity contribution in [1.29, 1.82) is 0 Å². The predicted molar refractivity (Wildman–Crippen MR) is 62.8 cm³/mol. The van der Waals surface area contributed by atoms with E-state index < -0.39 is 18.2 Å². The number of hydrogen-bond acceptors (Lipinski definition) is 1. The van der Waals surface area contributed by atoms with Gasteiger partial charge in [-0.3, -0.25) is 0 Å². The van der Waals surface area contributed by atoms with Gasteiger partial charge in [-0.25, -0.2) is 0 Å². The molecule has 0 fully saturated rings. The third-order valence-corrected chi connectivity index (χ3v) is 1.89. The summed E-state index contributed by atoms with van der Waals surface area (Å²) in [5.74, 6) is 0. The first kappa shape index (κ1) is 13.5. The van der Waals surface area contributed by atoms with E-state index >= 15 is 0 Å². The summed E-state index contributed by atoms with van der Waals surface area (Å²) >= 11 is -2.13. The number of hydrogen-bond donors (Lipinski definition) is 0. The Hall–Kier alpha value is 0.443. The van der Waals surface area contributed by atoms with Crippen molar-refractivity contribution >= 4 is 37.4 Å². The van der Waals surface area contributed by atoms with Crippen LogP contribution in [0.25, 0.3) is 0 Å². The van der Waals surface area contributed by atoms with Gasteiger partial charge in [0.1, 0.15) is 0 Å². The second kappa shape index (κ2) is 6.90. The Bertz CT molecular complexity index is 352. The van der Waals surface area contributed by atoms with Crippen LogP contribution in [0.15, 0.2) is 23.3 Å². The van der Waals surface area contributed by atoms with Crippen molar-refractivity contribution < 1.29 is 18.2 Å². The molecule has 6 heteroatoms. The monoisotopic (exact) mass is 340 g/mol. The van der Waals surface area contributed by atoms with E-state index in [2.05, 4.69) is 23.5 Å². The van der Waals surface area contributed by atoms with Crippen LogP contribution < -0.4 is 5.43 Å². The molecule has 0 aromatic heterocycles. The fraction of sp³-hybridized carbons (Fsp3) is 0.222. The van der Waals surface area contributed by atoms with E-state index in [0.717, 1.165) is 17.7 Å². The van der Waals surface area contributed by atoms with Crippen LogP contribution in [0, 0.1) is 0 Å². The molecule has 2 rings (SSSR count). The maximum atomic E-state index is 5.00. The molecular formula is C9H9Cl3N2Zr. The fourth-order valence-corrected chi connectivity index (χ4v) is 1.27. The van der Waals surface area contributed by atoms with Crippen LogP contribution in [0.4, 0.5) is 5.69 Å². The van der Waals surface area contributed by atoms with Gasteiger partial charge >= 0.3 is 43.7 Å². The van der Waals surface area contributed by atoms with Gasteiger partial charge in [-0.15, -0.1) is 0 Å². The number of rotatable bonds is 1. The van der Waals surface area contributed by atoms with Crippen molar-refractivity contribution in [3.8, 4) is 0 Å². The molecule has 0 amide bonds. The second-order valence-corrected chi connectivity index (χ2v) is 14.0. The van der Waals surface area contributed by atoms with Crippen molar-refractivity contribution in [3.05, 3.63) is 29.3 Å². The summed E-state index contributed by atoms with van der Waals surface area (Å²) in [6, 6.07) is 6.18. The van der Waals surface area contributed by atoms with Crippen molar-refractivity contribution in [2.45, 2.75) is 13.3 Å². The summed E-state index contributed by atoms with van der Waals surface area (Å²) in [5.41, 5.74) is 7.51. The molecule has 0 aliphatic carbocycles. The number of benzene rings is 1. The first-order chi connectivity index (χ1) is 7.15. The van der Waals surface area contributed by atoms with Gasteiger partial charge in [0.25, 0.3) is 0 Å². The second-order valence-electron chi connectivity index (χ2n) is 2.77. The molecule has 0 atom stereocenters. The van der Waals surface area contributed by atoms with Gasteiger partial charge < -0.3 is 0 Å². The Morgan fingerprint density at radius 3 is 2.53 bits per heavy atom. The van der Waals surface area contributed by atoms with E-state index in [1.165, 1.54) is 5.56 Å². The van der Waals surface area contributed by atoms with Crippen LogP contribution in [0.5, 0.6) is 0 Å². The molecular weight excluding hydrogens is 334 g/mol. The molecule has 0 N–H and O–H groups in total. The number of nitrogens with zero attached hydrogens (tertiary/aromatic N) is 2. The molecule has 1 aliphatic rings. The molecule has 0 unspecified atom stereocenters. The average molecular weight is 343 g/mol. The van der Waals surface area contributed by atoms with Gasteiger partial charge in [0.2, 0.25) is 0 Å². The molecule has 80 valence electrons. The van der Waals surface area contributed by atoms with E-state index in [0.29, 0.717) is 0 Å². The molecule has 0 saturated carbocycles. The summed E-state index contributed by atoms with van der Waals surface area (Å²) in [6.45, 7) is 2.13. The van der Waals surface area contributed by atoms with Crippen molar-refractivity contribution in [3.63, 3.8) is 0 Å². The van der Waals surface area contributed by atoms with Crippen LogP contribution in [-0.4, -0.2) is 6.21 Å². The van der Waals surface area contributed by atoms with Gasteiger partial charge in [0.15, 0.2) is 0 Å². The van der Waals surface area contributed by atoms with Crippen molar-refractivity contribution in [2.75, 3.05) is 0 Å². The molecule has 1 aliphatic heterocycles. The molecule has 0 saturated heterocycles. The molecule has 15 heavy (non-hydrogen) atoms. The summed E-state index contributed by atoms with van der Waals surface area (Å²) in [4.78, 5) is 0. The zero-order valence-electron chi connectivity index (χ0n) is 8.04. The van der Waals surface area contributed by atoms with Gasteiger partial charge in [-0.2, -0.15) is 10.5 Å². The van der Waals surface area contributed by atoms with Crippen LogP contribution in [-0.2, 0) is 24.6 Å². The van der Waals surface area contributed by atoms with E-state index in [1.54, 1.807) is 6.21 Å². The summed E-state index contributed by atoms with van der Waals surface area (Å²) in [5, 5.41) is 3.86. The summed E-state index contributed by atoms with van der Waals surface area (Å²) in [7, 11) is 15.0. The van der Waals surface area contributed by atoms with E-state index in [9.17, 15) is 0 Å². The first-order valence-electron chi connectivity index (χ1n) is 4.34. The molecule has 1 radical (unpaired) electrons. The van der Waals surface area contributed by atoms with E-state index in [1.807, 2.05) is 12.1 Å². The van der Waals surface area contributed by atoms with Crippen LogP contribution in [0.1, 0.15) is 18.1 Å². The Morgan fingerprint density at radius 2 is 1.93 bits per heavy atom. The molecule has 1 heterocycles. The minimum atomic E-state index is -2.13. The summed E-state index contributed by atoms with van der Waals surface area (Å²) < 4.78 is 0. The average Bonchev–Trinajstić information content (AvgIpc) is 2.63. The number of fused-ring (bicyclic) bond motifs is 1. The Kier molecular flexibility index (Phi) is 6.22. The minimum absolute atomic E-state index is 1.02. The van der Waals surface area contributed by atoms with Crippen LogP contribution in [0.2, 0.25) is 0 Å². The third-order valence-electron chi connectivity index (χ3n) is 1.89. The number of halogens is 3. The van der Waals surface area contributed by atoms with Gasteiger partial charge in [-0.1, -0.05) is 25.1 Å². The van der Waals surface area contributed by atoms with Crippen LogP contribution in [0.3, 0.4) is 0 Å². The van der Waals surface area contributed by atoms with Gasteiger partial charge in [0, 0.05) is 5.56 Å². The topological polar surface area (TPSA) is 26.5 Å². The first-order valence-corrected chi connectivity index (χ1v) is 13.8. The molecule has 2 nitrogen and oxygen atoms in total. The number of aryl methyl sites for hydroxylation is 1. The Balaban J connectivity index is 0.000000245. The fourth-order valence-electron chi connectivity index (χ4n) is 1.27. The van der Waals surface area contributed by atoms with E-state index in [-0.39, 0.29) is 0 Å². The predicted octanol–water partition coefficient (Wildman–Crippen LogP) is 3.90. The Labute approximate surface area is 108 Å². The Morgan fingerprint density at radius 1 is 1.27 bits per heavy atom. The third kappa shape index (κ3) is 4.44. The quantitative estimate of drug-likeness (QED) is 0.740. The summed E-state index contributed by atoms with van der Waals surface area (Å²) in [6.07, 6.45) is 2.82. The molecule has 0 spiro atoms.